The third-order valence-corrected chi connectivity index (χ3v) is 9.94. The topological polar surface area (TPSA) is 87.1 Å². The average Bonchev–Trinajstić information content (AvgIpc) is 3.29. The first kappa shape index (κ1) is 35.4. The van der Waals surface area contributed by atoms with Gasteiger partial charge in [-0.1, -0.05) is 61.9 Å². The number of rotatable bonds is 9. The molecule has 47 heavy (non-hydrogen) atoms. The van der Waals surface area contributed by atoms with Gasteiger partial charge < -0.3 is 9.72 Å². The Bertz CT molecular complexity index is 1640. The van der Waals surface area contributed by atoms with Crippen LogP contribution in [0.1, 0.15) is 79.9 Å². The molecular formula is C33H38Cl2F4N4O4. The Morgan fingerprint density at radius 1 is 0.936 bits per heavy atom. The fourth-order valence-corrected chi connectivity index (χ4v) is 7.31. The SMILES string of the molecule is CC(C(OC(=O)C(F)(F)F)N1CCCCCC1)C(C(=O)c1cc(Cc2c[nH]c(=O)c3cc(Cl)c(Cl)n23)ccc1F)N1CCCCCC1. The number of fused-ring (bicyclic) bond motifs is 1. The Morgan fingerprint density at radius 3 is 2.13 bits per heavy atom. The summed E-state index contributed by atoms with van der Waals surface area (Å²) in [6.07, 6.45) is 1.61. The maximum Gasteiger partial charge on any atom is 0.490 e. The van der Waals surface area contributed by atoms with Crippen LogP contribution in [0.15, 0.2) is 35.3 Å². The van der Waals surface area contributed by atoms with Crippen LogP contribution in [0.5, 0.6) is 0 Å². The molecule has 4 heterocycles. The third-order valence-electron chi connectivity index (χ3n) is 9.18. The van der Waals surface area contributed by atoms with Gasteiger partial charge in [0, 0.05) is 37.3 Å². The highest BCUT2D eigenvalue weighted by molar-refractivity contribution is 6.42. The van der Waals surface area contributed by atoms with Gasteiger partial charge in [0.2, 0.25) is 0 Å². The molecule has 5 rings (SSSR count). The monoisotopic (exact) mass is 700 g/mol. The highest BCUT2D eigenvalue weighted by Gasteiger charge is 2.47. The molecule has 2 fully saturated rings. The lowest BCUT2D eigenvalue weighted by Crippen LogP contribution is -2.55. The summed E-state index contributed by atoms with van der Waals surface area (Å²) in [6, 6.07) is 4.48. The lowest BCUT2D eigenvalue weighted by atomic mass is 9.88. The summed E-state index contributed by atoms with van der Waals surface area (Å²) in [4.78, 5) is 45.4. The molecule has 0 radical (unpaired) electrons. The van der Waals surface area contributed by atoms with E-state index in [2.05, 4.69) is 4.98 Å². The number of nitrogens with one attached hydrogen (secondary N) is 1. The van der Waals surface area contributed by atoms with Gasteiger partial charge >= 0.3 is 12.1 Å². The second-order valence-corrected chi connectivity index (χ2v) is 13.2. The third kappa shape index (κ3) is 8.04. The number of aromatic nitrogens is 2. The first-order chi connectivity index (χ1) is 22.4. The molecule has 0 saturated carbocycles. The number of hydrogen-bond acceptors (Lipinski definition) is 6. The molecule has 0 spiro atoms. The maximum atomic E-state index is 15.6. The van der Waals surface area contributed by atoms with Crippen molar-refractivity contribution in [2.24, 2.45) is 5.92 Å². The first-order valence-corrected chi connectivity index (χ1v) is 16.8. The van der Waals surface area contributed by atoms with Crippen LogP contribution in [0.3, 0.4) is 0 Å². The van der Waals surface area contributed by atoms with Gasteiger partial charge in [0.1, 0.15) is 16.5 Å². The molecule has 8 nitrogen and oxygen atoms in total. The number of hydrogen-bond donors (Lipinski definition) is 1. The van der Waals surface area contributed by atoms with E-state index in [9.17, 15) is 27.6 Å². The highest BCUT2D eigenvalue weighted by Crippen LogP contribution is 2.32. The summed E-state index contributed by atoms with van der Waals surface area (Å²) < 4.78 is 62.8. The van der Waals surface area contributed by atoms with Crippen molar-refractivity contribution in [2.75, 3.05) is 26.2 Å². The van der Waals surface area contributed by atoms with Gasteiger partial charge in [-0.05, 0) is 62.5 Å². The van der Waals surface area contributed by atoms with Crippen LogP contribution >= 0.6 is 23.2 Å². The van der Waals surface area contributed by atoms with Crippen molar-refractivity contribution in [2.45, 2.75) is 83.2 Å². The van der Waals surface area contributed by atoms with Gasteiger partial charge in [-0.2, -0.15) is 13.2 Å². The molecule has 0 bridgehead atoms. The Morgan fingerprint density at radius 2 is 1.53 bits per heavy atom. The fraction of sp³-hybridized carbons (Fsp3) is 0.545. The van der Waals surface area contributed by atoms with Crippen LogP contribution in [-0.2, 0) is 16.0 Å². The number of carbonyl (C=O) groups is 2. The summed E-state index contributed by atoms with van der Waals surface area (Å²) in [7, 11) is 0. The Balaban J connectivity index is 1.53. The number of Topliss-reactive ketones (excluding diaryl/α,β-unsaturated/α-hetero) is 1. The number of halogens is 6. The molecule has 2 aliphatic rings. The molecule has 0 amide bonds. The summed E-state index contributed by atoms with van der Waals surface area (Å²) in [5, 5.41) is 0.309. The molecule has 14 heteroatoms. The minimum absolute atomic E-state index is 0.129. The van der Waals surface area contributed by atoms with E-state index < -0.39 is 47.5 Å². The van der Waals surface area contributed by atoms with E-state index in [1.165, 1.54) is 34.9 Å². The number of H-pyrrole nitrogens is 1. The van der Waals surface area contributed by atoms with Crippen molar-refractivity contribution in [1.82, 2.24) is 19.2 Å². The van der Waals surface area contributed by atoms with Crippen molar-refractivity contribution in [1.29, 1.82) is 0 Å². The van der Waals surface area contributed by atoms with Gasteiger partial charge in [0.25, 0.3) is 5.56 Å². The number of likely N-dealkylation sites (tertiary alicyclic amines) is 2. The molecule has 3 aromatic rings. The summed E-state index contributed by atoms with van der Waals surface area (Å²) >= 11 is 12.6. The molecule has 3 unspecified atom stereocenters. The number of benzene rings is 1. The number of ketones is 1. The second kappa shape index (κ2) is 15.1. The lowest BCUT2D eigenvalue weighted by molar-refractivity contribution is -0.218. The zero-order valence-corrected chi connectivity index (χ0v) is 27.6. The fourth-order valence-electron chi connectivity index (χ4n) is 6.87. The van der Waals surface area contributed by atoms with E-state index in [1.54, 1.807) is 11.8 Å². The zero-order valence-electron chi connectivity index (χ0n) is 26.1. The van der Waals surface area contributed by atoms with Crippen molar-refractivity contribution < 1.29 is 31.9 Å². The smallest absolute Gasteiger partial charge is 0.439 e. The first-order valence-electron chi connectivity index (χ1n) is 16.0. The Labute approximate surface area is 279 Å². The van der Waals surface area contributed by atoms with E-state index in [1.807, 2.05) is 4.90 Å². The van der Waals surface area contributed by atoms with E-state index in [4.69, 9.17) is 27.9 Å². The quantitative estimate of drug-likeness (QED) is 0.147. The van der Waals surface area contributed by atoms with Crippen LogP contribution in [-0.4, -0.2) is 75.6 Å². The normalized spacial score (nSPS) is 19.1. The minimum Gasteiger partial charge on any atom is -0.439 e. The van der Waals surface area contributed by atoms with Crippen LogP contribution in [0.25, 0.3) is 5.52 Å². The van der Waals surface area contributed by atoms with E-state index in [0.717, 1.165) is 38.5 Å². The second-order valence-electron chi connectivity index (χ2n) is 12.5. The van der Waals surface area contributed by atoms with Crippen LogP contribution in [0.2, 0.25) is 10.2 Å². The molecule has 256 valence electrons. The average molecular weight is 702 g/mol. The number of alkyl halides is 3. The van der Waals surface area contributed by atoms with Crippen molar-refractivity contribution >= 4 is 40.5 Å². The Hall–Kier alpha value is -2.93. The number of nitrogens with zero attached hydrogens (tertiary/aromatic N) is 3. The van der Waals surface area contributed by atoms with Crippen molar-refractivity contribution in [3.8, 4) is 0 Å². The van der Waals surface area contributed by atoms with Gasteiger partial charge in [0.15, 0.2) is 12.0 Å². The number of esters is 1. The number of carbonyl (C=O) groups excluding carboxylic acids is 2. The molecule has 1 aromatic carbocycles. The van der Waals surface area contributed by atoms with Gasteiger partial charge in [-0.3, -0.25) is 23.8 Å². The standard InChI is InChI=1S/C33H38Cl2F4N4O4/c1-20(31(47-32(46)33(37,38)39)42-14-8-4-5-9-15-42)27(41-12-6-2-3-7-13-41)28(44)23-17-21(10-11-25(23)36)16-22-19-40-30(45)26-18-24(34)29(35)43(22)26/h10-11,17-20,27,31H,2-9,12-16H2,1H3,(H,40,45). The minimum atomic E-state index is -5.22. The predicted molar refractivity (Wildman–Crippen MR) is 171 cm³/mol. The molecule has 2 saturated heterocycles. The molecule has 2 aromatic heterocycles. The van der Waals surface area contributed by atoms with E-state index in [0.29, 0.717) is 50.3 Å². The molecular weight excluding hydrogens is 663 g/mol. The lowest BCUT2D eigenvalue weighted by Gasteiger charge is -2.41. The Kier molecular flexibility index (Phi) is 11.4. The number of aromatic amines is 1. The van der Waals surface area contributed by atoms with Gasteiger partial charge in [-0.25, -0.2) is 9.18 Å². The van der Waals surface area contributed by atoms with Crippen LogP contribution in [0, 0.1) is 11.7 Å². The van der Waals surface area contributed by atoms with E-state index in [-0.39, 0.29) is 27.7 Å². The summed E-state index contributed by atoms with van der Waals surface area (Å²) in [5.41, 5.74) is 0.645. The number of ether oxygens (including phenoxy) is 1. The van der Waals surface area contributed by atoms with Crippen molar-refractivity contribution in [3.63, 3.8) is 0 Å². The highest BCUT2D eigenvalue weighted by atomic mass is 35.5. The van der Waals surface area contributed by atoms with Crippen molar-refractivity contribution in [3.05, 3.63) is 73.6 Å². The van der Waals surface area contributed by atoms with Gasteiger partial charge in [0.05, 0.1) is 16.6 Å². The van der Waals surface area contributed by atoms with E-state index >= 15 is 4.39 Å². The molecule has 2 aliphatic heterocycles. The summed E-state index contributed by atoms with van der Waals surface area (Å²) in [5.74, 6) is -4.62. The van der Waals surface area contributed by atoms with Crippen LogP contribution in [0.4, 0.5) is 17.6 Å². The van der Waals surface area contributed by atoms with Gasteiger partial charge in [-0.15, -0.1) is 0 Å². The molecule has 3 atom stereocenters. The molecule has 1 N–H and O–H groups in total. The largest absolute Gasteiger partial charge is 0.490 e. The summed E-state index contributed by atoms with van der Waals surface area (Å²) in [6.45, 7) is 3.41. The predicted octanol–water partition coefficient (Wildman–Crippen LogP) is 7.04. The zero-order chi connectivity index (χ0) is 33.9. The maximum absolute atomic E-state index is 15.6. The van der Waals surface area contributed by atoms with Crippen LogP contribution < -0.4 is 5.56 Å². The molecule has 0 aliphatic carbocycles.